The molecule has 13 atom stereocenters. The van der Waals surface area contributed by atoms with Gasteiger partial charge in [-0.2, -0.15) is 0 Å². The number of ether oxygens (including phenoxy) is 1. The molecule has 0 aromatic rings. The van der Waals surface area contributed by atoms with Gasteiger partial charge in [0.2, 0.25) is 0 Å². The van der Waals surface area contributed by atoms with Crippen molar-refractivity contribution in [2.45, 2.75) is 150 Å². The van der Waals surface area contributed by atoms with Crippen molar-refractivity contribution in [2.75, 3.05) is 6.67 Å². The molecule has 44 heavy (non-hydrogen) atoms. The molecule has 5 fully saturated rings. The Kier molecular flexibility index (Phi) is 7.84. The molecule has 6 aliphatic rings. The molecule has 4 N–H and O–H groups in total. The van der Waals surface area contributed by atoms with E-state index >= 15 is 0 Å². The molecule has 0 aromatic heterocycles. The normalized spacial score (nSPS) is 52.9. The molecule has 7 heteroatoms. The number of alkyl halides is 1. The summed E-state index contributed by atoms with van der Waals surface area (Å²) in [5, 5.41) is 42.1. The molecule has 5 unspecified atom stereocenters. The van der Waals surface area contributed by atoms with Gasteiger partial charge in [-0.15, -0.1) is 0 Å². The zero-order valence-corrected chi connectivity index (χ0v) is 28.2. The zero-order valence-electron chi connectivity index (χ0n) is 28.2. The lowest BCUT2D eigenvalue weighted by Gasteiger charge is -2.71. The minimum atomic E-state index is -1.42. The lowest BCUT2D eigenvalue weighted by molar-refractivity contribution is -0.237. The minimum Gasteiger partial charge on any atom is -0.481 e. The van der Waals surface area contributed by atoms with Crippen molar-refractivity contribution in [1.29, 1.82) is 0 Å². The summed E-state index contributed by atoms with van der Waals surface area (Å²) < 4.78 is 19.5. The van der Waals surface area contributed by atoms with E-state index in [1.165, 1.54) is 5.57 Å². The van der Waals surface area contributed by atoms with Crippen LogP contribution in [0.25, 0.3) is 0 Å². The van der Waals surface area contributed by atoms with E-state index in [9.17, 15) is 29.6 Å². The first-order chi connectivity index (χ1) is 20.4. The highest BCUT2D eigenvalue weighted by Gasteiger charge is 2.69. The van der Waals surface area contributed by atoms with E-state index in [2.05, 4.69) is 54.5 Å². The van der Waals surface area contributed by atoms with Crippen molar-refractivity contribution >= 4 is 5.97 Å². The molecular weight excluding hydrogens is 559 g/mol. The largest absolute Gasteiger partial charge is 0.481 e. The second kappa shape index (κ2) is 10.5. The van der Waals surface area contributed by atoms with Crippen LogP contribution in [0.2, 0.25) is 0 Å². The van der Waals surface area contributed by atoms with Gasteiger partial charge in [0.05, 0.1) is 11.5 Å². The third-order valence-corrected chi connectivity index (χ3v) is 15.8. The molecule has 6 rings (SSSR count). The molecule has 5 aliphatic carbocycles. The van der Waals surface area contributed by atoms with E-state index in [-0.39, 0.29) is 38.9 Å². The van der Waals surface area contributed by atoms with Gasteiger partial charge in [0.1, 0.15) is 31.1 Å². The highest BCUT2D eigenvalue weighted by Crippen LogP contribution is 2.76. The summed E-state index contributed by atoms with van der Waals surface area (Å²) in [6, 6.07) is 0. The molecule has 0 spiro atoms. The fourth-order valence-corrected chi connectivity index (χ4v) is 12.8. The number of fused-ring (bicyclic) bond motifs is 7. The van der Waals surface area contributed by atoms with E-state index in [4.69, 9.17) is 4.74 Å². The second-order valence-corrected chi connectivity index (χ2v) is 18.3. The molecule has 250 valence electrons. The summed E-state index contributed by atoms with van der Waals surface area (Å²) in [5.74, 6) is 0.737. The number of carbonyl (C=O) groups is 1. The van der Waals surface area contributed by atoms with Crippen LogP contribution in [0.15, 0.2) is 11.6 Å². The van der Waals surface area contributed by atoms with Gasteiger partial charge in [-0.3, -0.25) is 4.79 Å². The summed E-state index contributed by atoms with van der Waals surface area (Å²) >= 11 is 0. The monoisotopic (exact) mass is 618 g/mol. The van der Waals surface area contributed by atoms with Crippen molar-refractivity contribution in [1.82, 2.24) is 0 Å². The van der Waals surface area contributed by atoms with Crippen LogP contribution in [-0.4, -0.2) is 63.6 Å². The van der Waals surface area contributed by atoms with E-state index < -0.39 is 48.6 Å². The molecule has 0 bridgehead atoms. The Hall–Kier alpha value is -1.02. The van der Waals surface area contributed by atoms with Gasteiger partial charge in [-0.1, -0.05) is 60.1 Å². The predicted molar refractivity (Wildman–Crippen MR) is 167 cm³/mol. The van der Waals surface area contributed by atoms with Crippen molar-refractivity contribution in [2.24, 2.45) is 56.2 Å². The fraction of sp³-hybridized carbons (Fsp3) is 0.919. The fourth-order valence-electron chi connectivity index (χ4n) is 12.8. The first-order valence-electron chi connectivity index (χ1n) is 17.6. The summed E-state index contributed by atoms with van der Waals surface area (Å²) in [6.45, 7) is 16.0. The first-order valence-corrected chi connectivity index (χ1v) is 17.6. The molecule has 0 amide bonds. The first kappa shape index (κ1) is 32.9. The van der Waals surface area contributed by atoms with Gasteiger partial charge in [0, 0.05) is 0 Å². The van der Waals surface area contributed by atoms with E-state index in [1.54, 1.807) is 0 Å². The SMILES string of the molecule is CC1(C)CC[C@]2(C(=O)O)CC[C@]3(C)C(=CCC4[C@@]5(C)CC[C@H](C[C@@H]6OC(CF)[C@@H](O)C(O)[C@@H]6O)C(C)(C)C5CC[C@]43C)C2C1. The van der Waals surface area contributed by atoms with E-state index in [1.807, 2.05) is 0 Å². The van der Waals surface area contributed by atoms with Crippen LogP contribution < -0.4 is 0 Å². The van der Waals surface area contributed by atoms with Gasteiger partial charge in [-0.25, -0.2) is 4.39 Å². The Morgan fingerprint density at radius 3 is 2.18 bits per heavy atom. The molecule has 0 aromatic carbocycles. The predicted octanol–water partition coefficient (Wildman–Crippen LogP) is 6.70. The maximum Gasteiger partial charge on any atom is 0.310 e. The standard InChI is InChI=1S/C37H59FO6/c1-32(2)14-16-37(31(42)43)17-15-35(6)22(23(37)19-32)8-9-27-34(5)12-10-21(33(3,4)26(34)11-13-36(27,35)7)18-24-28(39)30(41)29(40)25(20-38)44-24/h8,21,23-30,39-41H,9-20H2,1-7H3,(H,42,43)/t21-,23?,24+,25?,26?,27?,28-,29-,30?,34+,35-,36-,37+/m1/s1. The number of hydrogen-bond donors (Lipinski definition) is 4. The van der Waals surface area contributed by atoms with Crippen molar-refractivity contribution in [3.8, 4) is 0 Å². The molecule has 1 heterocycles. The van der Waals surface area contributed by atoms with Gasteiger partial charge < -0.3 is 25.2 Å². The Morgan fingerprint density at radius 1 is 0.864 bits per heavy atom. The summed E-state index contributed by atoms with van der Waals surface area (Å²) in [7, 11) is 0. The molecule has 1 aliphatic heterocycles. The van der Waals surface area contributed by atoms with Crippen molar-refractivity contribution in [3.05, 3.63) is 11.6 Å². The Balaban J connectivity index is 1.29. The number of halogens is 1. The number of allylic oxidation sites excluding steroid dienone is 2. The third-order valence-electron chi connectivity index (χ3n) is 15.8. The average molecular weight is 619 g/mol. The van der Waals surface area contributed by atoms with Gasteiger partial charge in [0.25, 0.3) is 0 Å². The van der Waals surface area contributed by atoms with Crippen LogP contribution in [0.4, 0.5) is 4.39 Å². The number of rotatable bonds is 4. The van der Waals surface area contributed by atoms with E-state index in [0.29, 0.717) is 18.3 Å². The van der Waals surface area contributed by atoms with Crippen LogP contribution in [0, 0.1) is 56.2 Å². The van der Waals surface area contributed by atoms with Crippen LogP contribution in [-0.2, 0) is 9.53 Å². The Labute approximate surface area is 264 Å². The number of carboxylic acids is 1. The minimum absolute atomic E-state index is 0.0136. The number of aliphatic hydroxyl groups is 3. The average Bonchev–Trinajstić information content (AvgIpc) is 2.94. The van der Waals surface area contributed by atoms with E-state index in [0.717, 1.165) is 64.2 Å². The highest BCUT2D eigenvalue weighted by atomic mass is 19.1. The Morgan fingerprint density at radius 2 is 1.52 bits per heavy atom. The number of hydrogen-bond acceptors (Lipinski definition) is 5. The number of aliphatic carboxylic acids is 1. The van der Waals surface area contributed by atoms with Gasteiger partial charge in [-0.05, 0) is 121 Å². The Bertz CT molecular complexity index is 1180. The second-order valence-electron chi connectivity index (χ2n) is 18.3. The summed E-state index contributed by atoms with van der Waals surface area (Å²) in [6.07, 6.45) is 6.92. The maximum absolute atomic E-state index is 13.6. The molecular formula is C37H59FO6. The number of carboxylic acid groups (broad SMARTS) is 1. The molecule has 6 nitrogen and oxygen atoms in total. The maximum atomic E-state index is 13.6. The highest BCUT2D eigenvalue weighted by molar-refractivity contribution is 5.76. The molecule has 4 saturated carbocycles. The lowest BCUT2D eigenvalue weighted by atomic mass is 9.33. The van der Waals surface area contributed by atoms with Crippen LogP contribution in [0.1, 0.15) is 119 Å². The molecule has 1 saturated heterocycles. The van der Waals surface area contributed by atoms with Gasteiger partial charge in [0.15, 0.2) is 0 Å². The quantitative estimate of drug-likeness (QED) is 0.261. The summed E-state index contributed by atoms with van der Waals surface area (Å²) in [4.78, 5) is 12.9. The smallest absolute Gasteiger partial charge is 0.310 e. The molecule has 0 radical (unpaired) electrons. The topological polar surface area (TPSA) is 107 Å². The summed E-state index contributed by atoms with van der Waals surface area (Å²) in [5.41, 5.74) is 1.14. The van der Waals surface area contributed by atoms with Crippen LogP contribution in [0.5, 0.6) is 0 Å². The van der Waals surface area contributed by atoms with Crippen molar-refractivity contribution < 1.29 is 34.3 Å². The lowest BCUT2D eigenvalue weighted by Crippen LogP contribution is -2.65. The zero-order chi connectivity index (χ0) is 32.3. The van der Waals surface area contributed by atoms with Gasteiger partial charge >= 0.3 is 5.97 Å². The van der Waals surface area contributed by atoms with Crippen LogP contribution >= 0.6 is 0 Å². The van der Waals surface area contributed by atoms with Crippen molar-refractivity contribution in [3.63, 3.8) is 0 Å². The number of aliphatic hydroxyl groups excluding tert-OH is 3. The third kappa shape index (κ3) is 4.40. The van der Waals surface area contributed by atoms with Crippen LogP contribution in [0.3, 0.4) is 0 Å².